The summed E-state index contributed by atoms with van der Waals surface area (Å²) in [6.07, 6.45) is 3.16. The maximum Gasteiger partial charge on any atom is 0.290 e. The lowest BCUT2D eigenvalue weighted by atomic mass is 10.2. The van der Waals surface area contributed by atoms with E-state index in [9.17, 15) is 4.79 Å². The van der Waals surface area contributed by atoms with Crippen LogP contribution in [0, 0.1) is 18.3 Å². The zero-order valence-electron chi connectivity index (χ0n) is 8.56. The Morgan fingerprint density at radius 1 is 1.73 bits per heavy atom. The largest absolute Gasteiger partial charge is 0.459 e. The molecule has 0 N–H and O–H groups in total. The number of amides is 1. The second-order valence-electron chi connectivity index (χ2n) is 3.72. The Bertz CT molecular complexity index is 416. The summed E-state index contributed by atoms with van der Waals surface area (Å²) in [6.45, 7) is 2.48. The number of likely N-dealkylation sites (tertiary alicyclic amines) is 1. The zero-order valence-corrected chi connectivity index (χ0v) is 8.56. The Hall–Kier alpha value is -1.76. The fourth-order valence-electron chi connectivity index (χ4n) is 1.87. The normalized spacial score (nSPS) is 20.3. The van der Waals surface area contributed by atoms with Gasteiger partial charge in [0, 0.05) is 12.1 Å². The molecule has 1 aliphatic rings. The topological polar surface area (TPSA) is 57.2 Å². The van der Waals surface area contributed by atoms with E-state index in [0.29, 0.717) is 12.3 Å². The Balaban J connectivity index is 2.22. The van der Waals surface area contributed by atoms with Crippen molar-refractivity contribution in [3.05, 3.63) is 23.7 Å². The first-order valence-corrected chi connectivity index (χ1v) is 4.98. The third-order valence-corrected chi connectivity index (χ3v) is 2.72. The van der Waals surface area contributed by atoms with Crippen LogP contribution in [-0.4, -0.2) is 23.4 Å². The molecule has 1 unspecified atom stereocenters. The molecule has 0 spiro atoms. The van der Waals surface area contributed by atoms with E-state index < -0.39 is 0 Å². The van der Waals surface area contributed by atoms with E-state index in [1.54, 1.807) is 11.0 Å². The highest BCUT2D eigenvalue weighted by Crippen LogP contribution is 2.21. The van der Waals surface area contributed by atoms with Crippen molar-refractivity contribution in [3.63, 3.8) is 0 Å². The Labute approximate surface area is 88.1 Å². The van der Waals surface area contributed by atoms with Gasteiger partial charge in [-0.05, 0) is 25.8 Å². The minimum atomic E-state index is -0.290. The van der Waals surface area contributed by atoms with E-state index in [-0.39, 0.29) is 11.9 Å². The van der Waals surface area contributed by atoms with Crippen LogP contribution in [0.1, 0.15) is 29.0 Å². The third kappa shape index (κ3) is 1.61. The lowest BCUT2D eigenvalue weighted by Crippen LogP contribution is -2.34. The summed E-state index contributed by atoms with van der Waals surface area (Å²) in [5.41, 5.74) is 0.823. The summed E-state index contributed by atoms with van der Waals surface area (Å²) >= 11 is 0. The molecule has 0 radical (unpaired) electrons. The lowest BCUT2D eigenvalue weighted by molar-refractivity contribution is 0.0732. The molecule has 1 aliphatic heterocycles. The van der Waals surface area contributed by atoms with E-state index in [1.165, 1.54) is 6.26 Å². The van der Waals surface area contributed by atoms with Gasteiger partial charge in [0.15, 0.2) is 5.76 Å². The number of nitriles is 1. The van der Waals surface area contributed by atoms with Crippen LogP contribution in [0.5, 0.6) is 0 Å². The van der Waals surface area contributed by atoms with Crippen LogP contribution in [0.25, 0.3) is 0 Å². The van der Waals surface area contributed by atoms with Gasteiger partial charge in [-0.1, -0.05) is 0 Å². The van der Waals surface area contributed by atoms with Gasteiger partial charge in [-0.25, -0.2) is 0 Å². The maximum atomic E-state index is 12.0. The Kier molecular flexibility index (Phi) is 2.46. The monoisotopic (exact) mass is 204 g/mol. The van der Waals surface area contributed by atoms with Gasteiger partial charge >= 0.3 is 0 Å². The van der Waals surface area contributed by atoms with Crippen molar-refractivity contribution in [3.8, 4) is 6.07 Å². The zero-order chi connectivity index (χ0) is 10.8. The first-order chi connectivity index (χ1) is 7.24. The van der Waals surface area contributed by atoms with E-state index in [4.69, 9.17) is 9.68 Å². The molecule has 0 aliphatic carbocycles. The predicted octanol–water partition coefficient (Wildman–Crippen LogP) is 1.72. The SMILES string of the molecule is Cc1ccoc1C(=O)N1CCCC1C#N. The van der Waals surface area contributed by atoms with E-state index in [2.05, 4.69) is 6.07 Å². The highest BCUT2D eigenvalue weighted by molar-refractivity contribution is 5.93. The van der Waals surface area contributed by atoms with Crippen LogP contribution in [0.3, 0.4) is 0 Å². The molecule has 0 saturated carbocycles. The average Bonchev–Trinajstić information content (AvgIpc) is 2.84. The van der Waals surface area contributed by atoms with Crippen LogP contribution >= 0.6 is 0 Å². The van der Waals surface area contributed by atoms with Gasteiger partial charge in [-0.15, -0.1) is 0 Å². The van der Waals surface area contributed by atoms with E-state index in [1.807, 2.05) is 6.92 Å². The molecule has 78 valence electrons. The molecule has 0 bridgehead atoms. The van der Waals surface area contributed by atoms with Crippen molar-refractivity contribution in [2.24, 2.45) is 0 Å². The smallest absolute Gasteiger partial charge is 0.290 e. The van der Waals surface area contributed by atoms with Gasteiger partial charge in [0.05, 0.1) is 12.3 Å². The molecule has 2 rings (SSSR count). The molecule has 1 atom stereocenters. The summed E-state index contributed by atoms with van der Waals surface area (Å²) in [4.78, 5) is 13.6. The molecule has 15 heavy (non-hydrogen) atoms. The predicted molar refractivity (Wildman–Crippen MR) is 53.1 cm³/mol. The van der Waals surface area contributed by atoms with Crippen LogP contribution in [-0.2, 0) is 0 Å². The number of hydrogen-bond donors (Lipinski definition) is 0. The molecule has 4 nitrogen and oxygen atoms in total. The molecule has 1 aromatic rings. The summed E-state index contributed by atoms with van der Waals surface area (Å²) in [7, 11) is 0. The Morgan fingerprint density at radius 3 is 3.13 bits per heavy atom. The van der Waals surface area contributed by atoms with Crippen molar-refractivity contribution in [1.29, 1.82) is 5.26 Å². The second kappa shape index (κ2) is 3.77. The molecular formula is C11H12N2O2. The van der Waals surface area contributed by atoms with Gasteiger partial charge < -0.3 is 9.32 Å². The van der Waals surface area contributed by atoms with Gasteiger partial charge in [-0.3, -0.25) is 4.79 Å². The molecule has 0 aromatic carbocycles. The third-order valence-electron chi connectivity index (χ3n) is 2.72. The highest BCUT2D eigenvalue weighted by Gasteiger charge is 2.31. The van der Waals surface area contributed by atoms with E-state index >= 15 is 0 Å². The highest BCUT2D eigenvalue weighted by atomic mass is 16.3. The molecular weight excluding hydrogens is 192 g/mol. The van der Waals surface area contributed by atoms with Crippen LogP contribution in [0.4, 0.5) is 0 Å². The van der Waals surface area contributed by atoms with Gasteiger partial charge in [0.2, 0.25) is 0 Å². The molecule has 1 fully saturated rings. The minimum Gasteiger partial charge on any atom is -0.459 e. The minimum absolute atomic E-state index is 0.165. The van der Waals surface area contributed by atoms with Gasteiger partial charge in [-0.2, -0.15) is 5.26 Å². The summed E-state index contributed by atoms with van der Waals surface area (Å²) in [5, 5.41) is 8.88. The van der Waals surface area contributed by atoms with Crippen LogP contribution in [0.2, 0.25) is 0 Å². The van der Waals surface area contributed by atoms with Crippen molar-refractivity contribution >= 4 is 5.91 Å². The molecule has 2 heterocycles. The maximum absolute atomic E-state index is 12.0. The van der Waals surface area contributed by atoms with Gasteiger partial charge in [0.1, 0.15) is 6.04 Å². The summed E-state index contributed by atoms with van der Waals surface area (Å²) in [5.74, 6) is 0.193. The average molecular weight is 204 g/mol. The first-order valence-electron chi connectivity index (χ1n) is 4.98. The van der Waals surface area contributed by atoms with E-state index in [0.717, 1.165) is 18.4 Å². The number of rotatable bonds is 1. The second-order valence-corrected chi connectivity index (χ2v) is 3.72. The number of carbonyl (C=O) groups excluding carboxylic acids is 1. The summed E-state index contributed by atoms with van der Waals surface area (Å²) in [6, 6.07) is 3.60. The summed E-state index contributed by atoms with van der Waals surface area (Å²) < 4.78 is 5.13. The van der Waals surface area contributed by atoms with Crippen LogP contribution < -0.4 is 0 Å². The fourth-order valence-corrected chi connectivity index (χ4v) is 1.87. The number of hydrogen-bond acceptors (Lipinski definition) is 3. The fraction of sp³-hybridized carbons (Fsp3) is 0.455. The molecule has 1 saturated heterocycles. The van der Waals surface area contributed by atoms with Crippen molar-refractivity contribution in [2.45, 2.75) is 25.8 Å². The standard InChI is InChI=1S/C11H12N2O2/c1-8-4-6-15-10(8)11(14)13-5-2-3-9(13)7-12/h4,6,9H,2-3,5H2,1H3. The van der Waals surface area contributed by atoms with Crippen molar-refractivity contribution in [1.82, 2.24) is 4.90 Å². The molecule has 1 amide bonds. The van der Waals surface area contributed by atoms with Gasteiger partial charge in [0.25, 0.3) is 5.91 Å². The number of carbonyl (C=O) groups is 1. The molecule has 1 aromatic heterocycles. The number of nitrogens with zero attached hydrogens (tertiary/aromatic N) is 2. The lowest BCUT2D eigenvalue weighted by Gasteiger charge is -2.18. The Morgan fingerprint density at radius 2 is 2.53 bits per heavy atom. The quantitative estimate of drug-likeness (QED) is 0.699. The van der Waals surface area contributed by atoms with Crippen molar-refractivity contribution in [2.75, 3.05) is 6.54 Å². The first kappa shape index (κ1) is 9.78. The molecule has 4 heteroatoms. The van der Waals surface area contributed by atoms with Crippen molar-refractivity contribution < 1.29 is 9.21 Å². The number of aryl methyl sites for hydroxylation is 1. The number of furan rings is 1. The van der Waals surface area contributed by atoms with Crippen LogP contribution in [0.15, 0.2) is 16.7 Å².